The second-order valence-electron chi connectivity index (χ2n) is 4.00. The van der Waals surface area contributed by atoms with Gasteiger partial charge in [0.05, 0.1) is 0 Å². The summed E-state index contributed by atoms with van der Waals surface area (Å²) < 4.78 is 5.70. The van der Waals surface area contributed by atoms with Gasteiger partial charge in [-0.3, -0.25) is 4.79 Å². The number of anilines is 1. The van der Waals surface area contributed by atoms with Crippen molar-refractivity contribution in [1.29, 1.82) is 0 Å². The highest BCUT2D eigenvalue weighted by molar-refractivity contribution is 9.10. The van der Waals surface area contributed by atoms with Gasteiger partial charge in [-0.1, -0.05) is 40.2 Å². The van der Waals surface area contributed by atoms with Gasteiger partial charge in [0.2, 0.25) is 0 Å². The van der Waals surface area contributed by atoms with Crippen LogP contribution < -0.4 is 5.32 Å². The minimum Gasteiger partial charge on any atom is -0.452 e. The zero-order valence-electron chi connectivity index (χ0n) is 11.4. The van der Waals surface area contributed by atoms with Crippen LogP contribution in [0.2, 0.25) is 0 Å². The van der Waals surface area contributed by atoms with E-state index in [9.17, 15) is 9.59 Å². The summed E-state index contributed by atoms with van der Waals surface area (Å²) in [6.07, 6.45) is 6.30. The second kappa shape index (κ2) is 8.32. The number of hydrogen-bond acceptors (Lipinski definition) is 3. The van der Waals surface area contributed by atoms with Gasteiger partial charge >= 0.3 is 5.97 Å². The molecule has 1 aromatic rings. The molecule has 5 heteroatoms. The summed E-state index contributed by atoms with van der Waals surface area (Å²) in [4.78, 5) is 22.8. The average Bonchev–Trinajstić information content (AvgIpc) is 2.41. The average molecular weight is 338 g/mol. The molecule has 0 atom stereocenters. The van der Waals surface area contributed by atoms with E-state index < -0.39 is 5.97 Å². The number of halogens is 1. The molecule has 0 aliphatic heterocycles. The molecule has 106 valence electrons. The lowest BCUT2D eigenvalue weighted by Crippen LogP contribution is -2.20. The zero-order chi connectivity index (χ0) is 15.0. The molecule has 0 saturated heterocycles. The summed E-state index contributed by atoms with van der Waals surface area (Å²) in [7, 11) is 0. The molecule has 0 bridgehead atoms. The maximum atomic E-state index is 11.6. The number of carbonyl (C=O) groups excluding carboxylic acids is 2. The molecular weight excluding hydrogens is 322 g/mol. The van der Waals surface area contributed by atoms with Crippen LogP contribution in [0.15, 0.2) is 47.0 Å². The fourth-order valence-corrected chi connectivity index (χ4v) is 1.68. The Morgan fingerprint density at radius 1 is 1.35 bits per heavy atom. The Labute approximate surface area is 126 Å². The highest BCUT2D eigenvalue weighted by Gasteiger charge is 2.06. The van der Waals surface area contributed by atoms with Gasteiger partial charge in [-0.15, -0.1) is 0 Å². The van der Waals surface area contributed by atoms with E-state index in [1.54, 1.807) is 30.4 Å². The maximum Gasteiger partial charge on any atom is 0.331 e. The predicted molar refractivity (Wildman–Crippen MR) is 82.4 cm³/mol. The van der Waals surface area contributed by atoms with Gasteiger partial charge in [-0.25, -0.2) is 4.79 Å². The van der Waals surface area contributed by atoms with Crippen molar-refractivity contribution >= 4 is 33.5 Å². The van der Waals surface area contributed by atoms with Crippen LogP contribution in [0, 0.1) is 6.92 Å². The second-order valence-corrected chi connectivity index (χ2v) is 4.86. The normalized spacial score (nSPS) is 10.9. The Kier molecular flexibility index (Phi) is 6.73. The molecule has 0 radical (unpaired) electrons. The fraction of sp³-hybridized carbons (Fsp3) is 0.200. The smallest absolute Gasteiger partial charge is 0.331 e. The highest BCUT2D eigenvalue weighted by Crippen LogP contribution is 2.20. The lowest BCUT2D eigenvalue weighted by Gasteiger charge is -2.07. The molecule has 0 fully saturated rings. The van der Waals surface area contributed by atoms with Gasteiger partial charge in [0.25, 0.3) is 5.91 Å². The Balaban J connectivity index is 2.44. The van der Waals surface area contributed by atoms with E-state index >= 15 is 0 Å². The topological polar surface area (TPSA) is 55.4 Å². The lowest BCUT2D eigenvalue weighted by atomic mass is 10.2. The molecule has 20 heavy (non-hydrogen) atoms. The molecule has 4 nitrogen and oxygen atoms in total. The van der Waals surface area contributed by atoms with Crippen molar-refractivity contribution in [2.75, 3.05) is 11.9 Å². The summed E-state index contributed by atoms with van der Waals surface area (Å²) in [5.41, 5.74) is 1.72. The Hall–Kier alpha value is -1.88. The van der Waals surface area contributed by atoms with Crippen LogP contribution in [0.25, 0.3) is 0 Å². The molecule has 0 aliphatic carbocycles. The van der Waals surface area contributed by atoms with Crippen molar-refractivity contribution < 1.29 is 14.3 Å². The summed E-state index contributed by atoms with van der Waals surface area (Å²) in [6.45, 7) is 3.47. The Morgan fingerprint density at radius 3 is 2.75 bits per heavy atom. The predicted octanol–water partition coefficient (Wildman–Crippen LogP) is 3.37. The number of hydrogen-bond donors (Lipinski definition) is 1. The third-order valence-corrected chi connectivity index (χ3v) is 3.19. The van der Waals surface area contributed by atoms with Gasteiger partial charge < -0.3 is 10.1 Å². The SMILES string of the molecule is C/C=C/C=C/C(=O)OCC(=O)Nc1ccc(C)c(Br)c1. The summed E-state index contributed by atoms with van der Waals surface area (Å²) >= 11 is 3.38. The number of allylic oxidation sites excluding steroid dienone is 3. The molecule has 0 heterocycles. The molecule has 0 saturated carbocycles. The van der Waals surface area contributed by atoms with E-state index in [4.69, 9.17) is 4.74 Å². The van der Waals surface area contributed by atoms with Crippen molar-refractivity contribution in [3.05, 3.63) is 52.5 Å². The highest BCUT2D eigenvalue weighted by atomic mass is 79.9. The van der Waals surface area contributed by atoms with E-state index in [1.807, 2.05) is 19.9 Å². The van der Waals surface area contributed by atoms with E-state index in [2.05, 4.69) is 21.2 Å². The quantitative estimate of drug-likeness (QED) is 0.509. The van der Waals surface area contributed by atoms with E-state index in [-0.39, 0.29) is 12.5 Å². The van der Waals surface area contributed by atoms with Gasteiger partial charge in [0, 0.05) is 16.2 Å². The number of carbonyl (C=O) groups is 2. The van der Waals surface area contributed by atoms with Crippen molar-refractivity contribution in [3.63, 3.8) is 0 Å². The van der Waals surface area contributed by atoms with Gasteiger partial charge in [0.1, 0.15) is 0 Å². The third-order valence-electron chi connectivity index (χ3n) is 2.34. The molecule has 0 unspecified atom stereocenters. The van der Waals surface area contributed by atoms with Crippen LogP contribution in [0.5, 0.6) is 0 Å². The molecular formula is C15H16BrNO3. The van der Waals surface area contributed by atoms with Crippen LogP contribution in [0.4, 0.5) is 5.69 Å². The number of amides is 1. The first-order valence-corrected chi connectivity index (χ1v) is 6.84. The Bertz CT molecular complexity index is 550. The van der Waals surface area contributed by atoms with Crippen molar-refractivity contribution in [2.24, 2.45) is 0 Å². The minimum absolute atomic E-state index is 0.315. The molecule has 1 rings (SSSR count). The van der Waals surface area contributed by atoms with Gasteiger partial charge in [-0.2, -0.15) is 0 Å². The van der Waals surface area contributed by atoms with Crippen LogP contribution in [0.3, 0.4) is 0 Å². The van der Waals surface area contributed by atoms with Gasteiger partial charge in [-0.05, 0) is 31.5 Å². The first-order chi connectivity index (χ1) is 9.52. The number of nitrogens with one attached hydrogen (secondary N) is 1. The molecule has 1 aromatic carbocycles. The van der Waals surface area contributed by atoms with Crippen molar-refractivity contribution in [1.82, 2.24) is 0 Å². The van der Waals surface area contributed by atoms with Crippen LogP contribution in [-0.2, 0) is 14.3 Å². The standard InChI is InChI=1S/C15H16BrNO3/c1-3-4-5-6-15(19)20-10-14(18)17-12-8-7-11(2)13(16)9-12/h3-9H,10H2,1-2H3,(H,17,18)/b4-3+,6-5+. The summed E-state index contributed by atoms with van der Waals surface area (Å²) in [5, 5.41) is 2.65. The molecule has 0 spiro atoms. The monoisotopic (exact) mass is 337 g/mol. The minimum atomic E-state index is -0.552. The number of benzene rings is 1. The molecule has 0 aliphatic rings. The number of esters is 1. The first-order valence-electron chi connectivity index (χ1n) is 6.05. The van der Waals surface area contributed by atoms with E-state index in [1.165, 1.54) is 6.08 Å². The van der Waals surface area contributed by atoms with Crippen molar-refractivity contribution in [3.8, 4) is 0 Å². The zero-order valence-corrected chi connectivity index (χ0v) is 12.9. The van der Waals surface area contributed by atoms with Crippen LogP contribution >= 0.6 is 15.9 Å². The Morgan fingerprint density at radius 2 is 2.10 bits per heavy atom. The third kappa shape index (κ3) is 5.84. The fourth-order valence-electron chi connectivity index (χ4n) is 1.30. The number of ether oxygens (including phenoxy) is 1. The lowest BCUT2D eigenvalue weighted by molar-refractivity contribution is -0.142. The molecule has 0 aromatic heterocycles. The number of rotatable bonds is 5. The summed E-state index contributed by atoms with van der Waals surface area (Å²) in [5.74, 6) is -0.933. The largest absolute Gasteiger partial charge is 0.452 e. The van der Waals surface area contributed by atoms with Crippen molar-refractivity contribution in [2.45, 2.75) is 13.8 Å². The maximum absolute atomic E-state index is 11.6. The molecule has 1 N–H and O–H groups in total. The van der Waals surface area contributed by atoms with E-state index in [0.29, 0.717) is 5.69 Å². The van der Waals surface area contributed by atoms with Crippen LogP contribution in [0.1, 0.15) is 12.5 Å². The van der Waals surface area contributed by atoms with Crippen LogP contribution in [-0.4, -0.2) is 18.5 Å². The number of aryl methyl sites for hydroxylation is 1. The summed E-state index contributed by atoms with van der Waals surface area (Å²) in [6, 6.07) is 5.46. The molecule has 1 amide bonds. The first kappa shape index (κ1) is 16.2. The van der Waals surface area contributed by atoms with E-state index in [0.717, 1.165) is 10.0 Å². The van der Waals surface area contributed by atoms with Gasteiger partial charge in [0.15, 0.2) is 6.61 Å².